The van der Waals surface area contributed by atoms with Crippen molar-refractivity contribution < 1.29 is 9.59 Å². The van der Waals surface area contributed by atoms with Crippen molar-refractivity contribution >= 4 is 24.2 Å². The Balaban J connectivity index is 0.00000220. The number of hydrogen-bond donors (Lipinski definition) is 2. The van der Waals surface area contributed by atoms with Crippen molar-refractivity contribution in [2.75, 3.05) is 26.2 Å². The van der Waals surface area contributed by atoms with Crippen LogP contribution in [-0.2, 0) is 9.59 Å². The zero-order chi connectivity index (χ0) is 14.4. The van der Waals surface area contributed by atoms with Crippen LogP contribution in [0.1, 0.15) is 44.9 Å². The molecule has 0 aromatic carbocycles. The second-order valence-corrected chi connectivity index (χ2v) is 6.22. The first kappa shape index (κ1) is 18.2. The van der Waals surface area contributed by atoms with Crippen LogP contribution in [0, 0.1) is 11.8 Å². The largest absolute Gasteiger partial charge is 0.347 e. The lowest BCUT2D eigenvalue weighted by molar-refractivity contribution is -0.132. The highest BCUT2D eigenvalue weighted by molar-refractivity contribution is 5.85. The van der Waals surface area contributed by atoms with Crippen molar-refractivity contribution in [1.82, 2.24) is 10.2 Å². The van der Waals surface area contributed by atoms with Crippen molar-refractivity contribution in [2.45, 2.75) is 44.9 Å². The van der Waals surface area contributed by atoms with Crippen molar-refractivity contribution in [3.63, 3.8) is 0 Å². The molecule has 1 unspecified atom stereocenters. The van der Waals surface area contributed by atoms with Gasteiger partial charge in [0, 0.05) is 19.5 Å². The number of amides is 2. The zero-order valence-corrected chi connectivity index (χ0v) is 13.5. The van der Waals surface area contributed by atoms with E-state index in [0.717, 1.165) is 32.4 Å². The third-order valence-corrected chi connectivity index (χ3v) is 4.61. The summed E-state index contributed by atoms with van der Waals surface area (Å²) in [7, 11) is 0. The van der Waals surface area contributed by atoms with Gasteiger partial charge in [-0.15, -0.1) is 12.4 Å². The number of carbonyl (C=O) groups excluding carboxylic acids is 2. The molecule has 5 nitrogen and oxygen atoms in total. The Labute approximate surface area is 133 Å². The standard InChI is InChI=1S/C15H27N3O2.ClH/c16-9-13-6-7-18(11-13)15(20)10-17-14(19)8-12-4-2-1-3-5-12;/h12-13H,1-11,16H2,(H,17,19);1H. The lowest BCUT2D eigenvalue weighted by Crippen LogP contribution is -2.39. The zero-order valence-electron chi connectivity index (χ0n) is 12.7. The molecule has 3 N–H and O–H groups in total. The molecule has 6 heteroatoms. The molecule has 1 aliphatic carbocycles. The molecule has 1 saturated heterocycles. The molecule has 0 radical (unpaired) electrons. The fourth-order valence-corrected chi connectivity index (χ4v) is 3.26. The van der Waals surface area contributed by atoms with Crippen LogP contribution < -0.4 is 11.1 Å². The second kappa shape index (κ2) is 9.26. The Morgan fingerprint density at radius 2 is 1.81 bits per heavy atom. The number of nitrogens with one attached hydrogen (secondary N) is 1. The molecule has 1 heterocycles. The Morgan fingerprint density at radius 1 is 1.10 bits per heavy atom. The highest BCUT2D eigenvalue weighted by Gasteiger charge is 2.25. The van der Waals surface area contributed by atoms with Gasteiger partial charge in [0.2, 0.25) is 11.8 Å². The lowest BCUT2D eigenvalue weighted by Gasteiger charge is -2.21. The molecule has 2 amide bonds. The number of nitrogens with zero attached hydrogens (tertiary/aromatic N) is 1. The van der Waals surface area contributed by atoms with E-state index in [-0.39, 0.29) is 30.8 Å². The molecule has 2 aliphatic rings. The fraction of sp³-hybridized carbons (Fsp3) is 0.867. The Morgan fingerprint density at radius 3 is 2.43 bits per heavy atom. The van der Waals surface area contributed by atoms with E-state index in [4.69, 9.17) is 5.73 Å². The lowest BCUT2D eigenvalue weighted by atomic mass is 9.87. The summed E-state index contributed by atoms with van der Waals surface area (Å²) < 4.78 is 0. The number of likely N-dealkylation sites (tertiary alicyclic amines) is 1. The van der Waals surface area contributed by atoms with Crippen LogP contribution >= 0.6 is 12.4 Å². The maximum absolute atomic E-state index is 12.0. The van der Waals surface area contributed by atoms with E-state index < -0.39 is 0 Å². The van der Waals surface area contributed by atoms with Crippen LogP contribution in [0.15, 0.2) is 0 Å². The summed E-state index contributed by atoms with van der Waals surface area (Å²) in [5.41, 5.74) is 5.61. The van der Waals surface area contributed by atoms with Gasteiger partial charge in [-0.25, -0.2) is 0 Å². The van der Waals surface area contributed by atoms with Crippen molar-refractivity contribution in [3.8, 4) is 0 Å². The topological polar surface area (TPSA) is 75.4 Å². The quantitative estimate of drug-likeness (QED) is 0.802. The van der Waals surface area contributed by atoms with Gasteiger partial charge >= 0.3 is 0 Å². The van der Waals surface area contributed by atoms with Gasteiger partial charge in [0.1, 0.15) is 0 Å². The molecule has 0 bridgehead atoms. The average Bonchev–Trinajstić information content (AvgIpc) is 2.95. The third kappa shape index (κ3) is 5.83. The molecule has 0 aromatic heterocycles. The Kier molecular flexibility index (Phi) is 8.04. The molecular formula is C15H28ClN3O2. The number of nitrogens with two attached hydrogens (primary N) is 1. The van der Waals surface area contributed by atoms with E-state index >= 15 is 0 Å². The summed E-state index contributed by atoms with van der Waals surface area (Å²) in [6, 6.07) is 0. The minimum Gasteiger partial charge on any atom is -0.347 e. The van der Waals surface area contributed by atoms with Gasteiger partial charge in [-0.3, -0.25) is 9.59 Å². The van der Waals surface area contributed by atoms with Gasteiger partial charge in [-0.05, 0) is 37.6 Å². The van der Waals surface area contributed by atoms with Crippen LogP contribution in [0.4, 0.5) is 0 Å². The maximum atomic E-state index is 12.0. The Hall–Kier alpha value is -0.810. The predicted octanol–water partition coefficient (Wildman–Crippen LogP) is 1.30. The minimum atomic E-state index is 0. The van der Waals surface area contributed by atoms with Gasteiger partial charge < -0.3 is 16.0 Å². The first-order chi connectivity index (χ1) is 9.69. The monoisotopic (exact) mass is 317 g/mol. The molecule has 1 saturated carbocycles. The molecule has 122 valence electrons. The van der Waals surface area contributed by atoms with Gasteiger partial charge in [0.15, 0.2) is 0 Å². The number of halogens is 1. The highest BCUT2D eigenvalue weighted by atomic mass is 35.5. The molecule has 1 aliphatic heterocycles. The number of rotatable bonds is 5. The Bertz CT molecular complexity index is 346. The van der Waals surface area contributed by atoms with Crippen molar-refractivity contribution in [1.29, 1.82) is 0 Å². The second-order valence-electron chi connectivity index (χ2n) is 6.22. The van der Waals surface area contributed by atoms with Crippen molar-refractivity contribution in [3.05, 3.63) is 0 Å². The summed E-state index contributed by atoms with van der Waals surface area (Å²) in [6.45, 7) is 2.30. The van der Waals surface area contributed by atoms with E-state index in [1.54, 1.807) is 0 Å². The fourth-order valence-electron chi connectivity index (χ4n) is 3.26. The first-order valence-corrected chi connectivity index (χ1v) is 7.93. The molecule has 2 rings (SSSR count). The molecule has 0 aromatic rings. The summed E-state index contributed by atoms with van der Waals surface area (Å²) in [5, 5.41) is 2.78. The van der Waals surface area contributed by atoms with Crippen LogP contribution in [0.2, 0.25) is 0 Å². The van der Waals surface area contributed by atoms with E-state index in [1.165, 1.54) is 19.3 Å². The van der Waals surface area contributed by atoms with Crippen LogP contribution in [0.3, 0.4) is 0 Å². The molecule has 0 spiro atoms. The molecule has 2 fully saturated rings. The van der Waals surface area contributed by atoms with Gasteiger partial charge in [0.25, 0.3) is 0 Å². The summed E-state index contributed by atoms with van der Waals surface area (Å²) in [4.78, 5) is 25.6. The highest BCUT2D eigenvalue weighted by Crippen LogP contribution is 2.26. The van der Waals surface area contributed by atoms with Crippen LogP contribution in [0.5, 0.6) is 0 Å². The smallest absolute Gasteiger partial charge is 0.241 e. The van der Waals surface area contributed by atoms with Gasteiger partial charge in [0.05, 0.1) is 6.54 Å². The predicted molar refractivity (Wildman–Crippen MR) is 85.2 cm³/mol. The minimum absolute atomic E-state index is 0. The molecule has 1 atom stereocenters. The maximum Gasteiger partial charge on any atom is 0.241 e. The summed E-state index contributed by atoms with van der Waals surface area (Å²) in [5.74, 6) is 1.00. The molecule has 21 heavy (non-hydrogen) atoms. The SMILES string of the molecule is Cl.NCC1CCN(C(=O)CNC(=O)CC2CCCCC2)C1. The number of carbonyl (C=O) groups is 2. The molecular weight excluding hydrogens is 290 g/mol. The van der Waals surface area contributed by atoms with Crippen molar-refractivity contribution in [2.24, 2.45) is 17.6 Å². The van der Waals surface area contributed by atoms with Gasteiger partial charge in [-0.1, -0.05) is 19.3 Å². The van der Waals surface area contributed by atoms with E-state index in [0.29, 0.717) is 24.8 Å². The van der Waals surface area contributed by atoms with E-state index in [2.05, 4.69) is 5.32 Å². The van der Waals surface area contributed by atoms with Crippen LogP contribution in [-0.4, -0.2) is 42.9 Å². The number of hydrogen-bond acceptors (Lipinski definition) is 3. The average molecular weight is 318 g/mol. The normalized spacial score (nSPS) is 22.7. The van der Waals surface area contributed by atoms with Crippen LogP contribution in [0.25, 0.3) is 0 Å². The van der Waals surface area contributed by atoms with Gasteiger partial charge in [-0.2, -0.15) is 0 Å². The van der Waals surface area contributed by atoms with E-state index in [9.17, 15) is 9.59 Å². The summed E-state index contributed by atoms with van der Waals surface area (Å²) in [6.07, 6.45) is 7.67. The summed E-state index contributed by atoms with van der Waals surface area (Å²) >= 11 is 0. The van der Waals surface area contributed by atoms with E-state index in [1.807, 2.05) is 4.90 Å². The third-order valence-electron chi connectivity index (χ3n) is 4.61. The first-order valence-electron chi connectivity index (χ1n) is 7.93.